The van der Waals surface area contributed by atoms with E-state index in [1.807, 2.05) is 0 Å². The lowest BCUT2D eigenvalue weighted by Crippen LogP contribution is -2.20. The summed E-state index contributed by atoms with van der Waals surface area (Å²) in [7, 11) is 0. The second kappa shape index (κ2) is 7.55. The standard InChI is InChI=1S/C13H13N3O4S/c17-11(9-21-13-14-5-2-6-15-13)8-20-12-4-1-3-10(7-12)16(18)19/h1-7,11,17H,8-9H2/t11-/m1/s1. The highest BCUT2D eigenvalue weighted by Gasteiger charge is 2.10. The van der Waals surface area contributed by atoms with Gasteiger partial charge in [-0.25, -0.2) is 9.97 Å². The summed E-state index contributed by atoms with van der Waals surface area (Å²) < 4.78 is 5.34. The third-order valence-electron chi connectivity index (χ3n) is 2.42. The molecule has 0 fully saturated rings. The Bertz CT molecular complexity index is 597. The average molecular weight is 307 g/mol. The lowest BCUT2D eigenvalue weighted by molar-refractivity contribution is -0.384. The number of nitro groups is 1. The minimum atomic E-state index is -0.724. The van der Waals surface area contributed by atoms with Gasteiger partial charge in [0.25, 0.3) is 5.69 Å². The van der Waals surface area contributed by atoms with Crippen molar-refractivity contribution in [2.45, 2.75) is 11.3 Å². The Morgan fingerprint density at radius 1 is 1.33 bits per heavy atom. The molecule has 0 unspecified atom stereocenters. The molecule has 0 aliphatic rings. The molecule has 0 spiro atoms. The van der Waals surface area contributed by atoms with Crippen molar-refractivity contribution in [3.05, 3.63) is 52.8 Å². The minimum absolute atomic E-state index is 0.0427. The highest BCUT2D eigenvalue weighted by Crippen LogP contribution is 2.19. The first kappa shape index (κ1) is 15.2. The van der Waals surface area contributed by atoms with Crippen molar-refractivity contribution in [2.24, 2.45) is 0 Å². The molecule has 0 bridgehead atoms. The lowest BCUT2D eigenvalue weighted by atomic mass is 10.3. The topological polar surface area (TPSA) is 98.4 Å². The third kappa shape index (κ3) is 5.01. The van der Waals surface area contributed by atoms with Gasteiger partial charge in [0.05, 0.1) is 17.1 Å². The molecule has 2 aromatic rings. The van der Waals surface area contributed by atoms with Crippen LogP contribution in [0.1, 0.15) is 0 Å². The molecule has 8 heteroatoms. The molecule has 0 saturated heterocycles. The number of non-ortho nitro benzene ring substituents is 1. The fourth-order valence-electron chi connectivity index (χ4n) is 1.46. The van der Waals surface area contributed by atoms with E-state index in [9.17, 15) is 15.2 Å². The number of nitrogens with zero attached hydrogens (tertiary/aromatic N) is 3. The van der Waals surface area contributed by atoms with E-state index < -0.39 is 11.0 Å². The van der Waals surface area contributed by atoms with E-state index in [1.165, 1.54) is 30.0 Å². The van der Waals surface area contributed by atoms with Crippen molar-refractivity contribution in [3.8, 4) is 5.75 Å². The molecule has 1 aromatic heterocycles. The monoisotopic (exact) mass is 307 g/mol. The summed E-state index contributed by atoms with van der Waals surface area (Å²) in [6.45, 7) is 0.0427. The van der Waals surface area contributed by atoms with E-state index in [1.54, 1.807) is 24.5 Å². The van der Waals surface area contributed by atoms with Gasteiger partial charge < -0.3 is 9.84 Å². The van der Waals surface area contributed by atoms with E-state index in [4.69, 9.17) is 4.74 Å². The maximum absolute atomic E-state index is 10.6. The molecule has 0 aliphatic heterocycles. The summed E-state index contributed by atoms with van der Waals surface area (Å²) in [5, 5.41) is 21.0. The van der Waals surface area contributed by atoms with Crippen molar-refractivity contribution >= 4 is 17.4 Å². The molecule has 21 heavy (non-hydrogen) atoms. The van der Waals surface area contributed by atoms with Gasteiger partial charge in [0, 0.05) is 24.2 Å². The molecule has 0 aliphatic carbocycles. The van der Waals surface area contributed by atoms with Crippen molar-refractivity contribution in [1.82, 2.24) is 9.97 Å². The first-order chi connectivity index (χ1) is 10.1. The van der Waals surface area contributed by atoms with E-state index in [0.29, 0.717) is 16.7 Å². The summed E-state index contributed by atoms with van der Waals surface area (Å²) >= 11 is 1.31. The molecular weight excluding hydrogens is 294 g/mol. The number of benzene rings is 1. The Hall–Kier alpha value is -2.19. The quantitative estimate of drug-likeness (QED) is 0.361. The van der Waals surface area contributed by atoms with Crippen LogP contribution in [0, 0.1) is 10.1 Å². The Kier molecular flexibility index (Phi) is 5.47. The molecule has 0 radical (unpaired) electrons. The molecule has 1 heterocycles. The normalized spacial score (nSPS) is 11.9. The molecule has 0 amide bonds. The summed E-state index contributed by atoms with van der Waals surface area (Å²) in [6.07, 6.45) is 2.53. The van der Waals surface area contributed by atoms with Crippen LogP contribution in [-0.2, 0) is 0 Å². The van der Waals surface area contributed by atoms with Crippen molar-refractivity contribution in [1.29, 1.82) is 0 Å². The second-order valence-corrected chi connectivity index (χ2v) is 5.05. The highest BCUT2D eigenvalue weighted by molar-refractivity contribution is 7.99. The largest absolute Gasteiger partial charge is 0.491 e. The van der Waals surface area contributed by atoms with Crippen LogP contribution in [0.15, 0.2) is 47.9 Å². The van der Waals surface area contributed by atoms with Crippen LogP contribution in [0.4, 0.5) is 5.69 Å². The Balaban J connectivity index is 1.80. The van der Waals surface area contributed by atoms with Crippen LogP contribution in [0.5, 0.6) is 5.75 Å². The molecular formula is C13H13N3O4S. The predicted molar refractivity (Wildman–Crippen MR) is 77.4 cm³/mol. The third-order valence-corrected chi connectivity index (χ3v) is 3.44. The SMILES string of the molecule is O=[N+]([O-])c1cccc(OC[C@@H](O)CSc2ncccn2)c1. The van der Waals surface area contributed by atoms with Crippen LogP contribution >= 0.6 is 11.8 Å². The number of hydrogen-bond donors (Lipinski definition) is 1. The van der Waals surface area contributed by atoms with Gasteiger partial charge in [-0.05, 0) is 12.1 Å². The van der Waals surface area contributed by atoms with Crippen LogP contribution in [-0.4, -0.2) is 38.5 Å². The van der Waals surface area contributed by atoms with Gasteiger partial charge in [-0.2, -0.15) is 0 Å². The van der Waals surface area contributed by atoms with Crippen molar-refractivity contribution in [2.75, 3.05) is 12.4 Å². The maximum Gasteiger partial charge on any atom is 0.273 e. The number of aliphatic hydroxyl groups excluding tert-OH is 1. The number of aliphatic hydroxyl groups is 1. The van der Waals surface area contributed by atoms with Gasteiger partial charge in [0.2, 0.25) is 0 Å². The fourth-order valence-corrected chi connectivity index (χ4v) is 2.17. The molecule has 7 nitrogen and oxygen atoms in total. The minimum Gasteiger partial charge on any atom is -0.491 e. The van der Waals surface area contributed by atoms with Crippen LogP contribution in [0.2, 0.25) is 0 Å². The molecule has 0 saturated carbocycles. The molecule has 110 valence electrons. The highest BCUT2D eigenvalue weighted by atomic mass is 32.2. The number of hydrogen-bond acceptors (Lipinski definition) is 7. The first-order valence-electron chi connectivity index (χ1n) is 6.10. The van der Waals surface area contributed by atoms with Crippen LogP contribution < -0.4 is 4.74 Å². The second-order valence-electron chi connectivity index (χ2n) is 4.06. The van der Waals surface area contributed by atoms with Gasteiger partial charge in [-0.3, -0.25) is 10.1 Å². The smallest absolute Gasteiger partial charge is 0.273 e. The summed E-state index contributed by atoms with van der Waals surface area (Å²) in [5.74, 6) is 0.725. The molecule has 2 rings (SSSR count). The summed E-state index contributed by atoms with van der Waals surface area (Å²) in [4.78, 5) is 18.2. The van der Waals surface area contributed by atoms with Gasteiger partial charge in [-0.15, -0.1) is 0 Å². The van der Waals surface area contributed by atoms with Gasteiger partial charge >= 0.3 is 0 Å². The fraction of sp³-hybridized carbons (Fsp3) is 0.231. The number of ether oxygens (including phenoxy) is 1. The predicted octanol–water partition coefficient (Wildman–Crippen LogP) is 1.92. The Morgan fingerprint density at radius 3 is 2.81 bits per heavy atom. The number of rotatable bonds is 7. The zero-order chi connectivity index (χ0) is 15.1. The summed E-state index contributed by atoms with van der Waals surface area (Å²) in [6, 6.07) is 7.55. The first-order valence-corrected chi connectivity index (χ1v) is 7.09. The van der Waals surface area contributed by atoms with Crippen LogP contribution in [0.25, 0.3) is 0 Å². The van der Waals surface area contributed by atoms with E-state index >= 15 is 0 Å². The molecule has 1 N–H and O–H groups in total. The van der Waals surface area contributed by atoms with Crippen molar-refractivity contribution in [3.63, 3.8) is 0 Å². The van der Waals surface area contributed by atoms with Crippen LogP contribution in [0.3, 0.4) is 0 Å². The van der Waals surface area contributed by atoms with E-state index in [-0.39, 0.29) is 12.3 Å². The zero-order valence-electron chi connectivity index (χ0n) is 11.0. The zero-order valence-corrected chi connectivity index (χ0v) is 11.8. The van der Waals surface area contributed by atoms with Gasteiger partial charge in [-0.1, -0.05) is 17.8 Å². The average Bonchev–Trinajstić information content (AvgIpc) is 2.52. The number of thioether (sulfide) groups is 1. The molecule has 1 atom stereocenters. The molecule has 1 aromatic carbocycles. The van der Waals surface area contributed by atoms with E-state index in [2.05, 4.69) is 9.97 Å². The van der Waals surface area contributed by atoms with Crippen molar-refractivity contribution < 1.29 is 14.8 Å². The van der Waals surface area contributed by atoms with Gasteiger partial charge in [0.1, 0.15) is 12.4 Å². The number of aromatic nitrogens is 2. The maximum atomic E-state index is 10.6. The lowest BCUT2D eigenvalue weighted by Gasteiger charge is -2.11. The van der Waals surface area contributed by atoms with E-state index in [0.717, 1.165) is 0 Å². The summed E-state index contributed by atoms with van der Waals surface area (Å²) in [5.41, 5.74) is -0.0472. The Morgan fingerprint density at radius 2 is 2.10 bits per heavy atom. The van der Waals surface area contributed by atoms with Gasteiger partial charge in [0.15, 0.2) is 5.16 Å². The Labute approximate surface area is 125 Å². The number of nitro benzene ring substituents is 1.